The summed E-state index contributed by atoms with van der Waals surface area (Å²) in [4.78, 5) is 16.4. The molecule has 2 heterocycles. The van der Waals surface area contributed by atoms with E-state index in [1.165, 1.54) is 22.7 Å². The third-order valence-electron chi connectivity index (χ3n) is 2.77. The van der Waals surface area contributed by atoms with Gasteiger partial charge in [-0.05, 0) is 13.0 Å². The summed E-state index contributed by atoms with van der Waals surface area (Å²) >= 11 is 8.97. The van der Waals surface area contributed by atoms with Crippen LogP contribution in [0, 0.1) is 6.92 Å². The normalized spacial score (nSPS) is 10.6. The van der Waals surface area contributed by atoms with Gasteiger partial charge in [0.1, 0.15) is 10.0 Å². The number of hydrogen-bond donors (Lipinski definition) is 1. The van der Waals surface area contributed by atoms with E-state index in [2.05, 4.69) is 20.5 Å². The Morgan fingerprint density at radius 1 is 1.32 bits per heavy atom. The number of halogens is 1. The lowest BCUT2D eigenvalue weighted by Crippen LogP contribution is -2.14. The zero-order valence-electron chi connectivity index (χ0n) is 11.5. The average molecular weight is 351 g/mol. The van der Waals surface area contributed by atoms with Gasteiger partial charge in [-0.1, -0.05) is 41.1 Å². The molecule has 3 rings (SSSR count). The van der Waals surface area contributed by atoms with E-state index >= 15 is 0 Å². The zero-order chi connectivity index (χ0) is 15.5. The van der Waals surface area contributed by atoms with E-state index in [0.717, 1.165) is 15.6 Å². The van der Waals surface area contributed by atoms with Gasteiger partial charge in [-0.2, -0.15) is 0 Å². The monoisotopic (exact) mass is 350 g/mol. The number of aromatic nitrogens is 3. The van der Waals surface area contributed by atoms with E-state index in [4.69, 9.17) is 11.6 Å². The predicted octanol–water partition coefficient (Wildman–Crippen LogP) is 3.80. The standard InChI is InChI=1S/C14H11ClN4OS2/c1-8-18-19-14(22-8)17-12(20)6-9-7-21-13(16-9)10-4-2-3-5-11(10)15/h2-5,7H,6H2,1H3,(H,17,19,20). The van der Waals surface area contributed by atoms with Crippen LogP contribution in [0.3, 0.4) is 0 Å². The molecule has 1 N–H and O–H groups in total. The summed E-state index contributed by atoms with van der Waals surface area (Å²) in [7, 11) is 0. The number of carbonyl (C=O) groups is 1. The molecule has 5 nitrogen and oxygen atoms in total. The minimum Gasteiger partial charge on any atom is -0.300 e. The van der Waals surface area contributed by atoms with E-state index in [0.29, 0.717) is 15.8 Å². The van der Waals surface area contributed by atoms with Crippen LogP contribution in [-0.4, -0.2) is 21.1 Å². The molecular weight excluding hydrogens is 340 g/mol. The van der Waals surface area contributed by atoms with E-state index in [-0.39, 0.29) is 12.3 Å². The van der Waals surface area contributed by atoms with Crippen molar-refractivity contribution >= 4 is 45.3 Å². The largest absolute Gasteiger partial charge is 0.300 e. The smallest absolute Gasteiger partial charge is 0.232 e. The average Bonchev–Trinajstić information content (AvgIpc) is 3.09. The van der Waals surface area contributed by atoms with Crippen LogP contribution >= 0.6 is 34.3 Å². The molecule has 8 heteroatoms. The van der Waals surface area contributed by atoms with E-state index < -0.39 is 0 Å². The number of amides is 1. The highest BCUT2D eigenvalue weighted by atomic mass is 35.5. The quantitative estimate of drug-likeness (QED) is 0.777. The molecule has 0 saturated heterocycles. The van der Waals surface area contributed by atoms with Crippen LogP contribution in [0.4, 0.5) is 5.13 Å². The summed E-state index contributed by atoms with van der Waals surface area (Å²) in [6, 6.07) is 7.52. The minimum atomic E-state index is -0.160. The lowest BCUT2D eigenvalue weighted by Gasteiger charge is -1.99. The molecule has 3 aromatic rings. The fraction of sp³-hybridized carbons (Fsp3) is 0.143. The van der Waals surface area contributed by atoms with Gasteiger partial charge in [0.15, 0.2) is 0 Å². The van der Waals surface area contributed by atoms with Crippen molar-refractivity contribution in [3.8, 4) is 10.6 Å². The molecule has 0 aliphatic heterocycles. The van der Waals surface area contributed by atoms with Crippen LogP contribution in [0.5, 0.6) is 0 Å². The number of nitrogens with one attached hydrogen (secondary N) is 1. The van der Waals surface area contributed by atoms with Crippen molar-refractivity contribution in [2.24, 2.45) is 0 Å². The van der Waals surface area contributed by atoms with Crippen molar-refractivity contribution in [3.63, 3.8) is 0 Å². The summed E-state index contributed by atoms with van der Waals surface area (Å²) in [6.07, 6.45) is 0.194. The first-order valence-corrected chi connectivity index (χ1v) is 8.48. The molecule has 1 aromatic carbocycles. The van der Waals surface area contributed by atoms with E-state index in [9.17, 15) is 4.79 Å². The van der Waals surface area contributed by atoms with Gasteiger partial charge < -0.3 is 5.32 Å². The number of thiazole rings is 1. The molecule has 22 heavy (non-hydrogen) atoms. The Hall–Kier alpha value is -1.83. The number of carbonyl (C=O) groups excluding carboxylic acids is 1. The van der Waals surface area contributed by atoms with Crippen molar-refractivity contribution in [2.75, 3.05) is 5.32 Å². The predicted molar refractivity (Wildman–Crippen MR) is 89.5 cm³/mol. The molecule has 0 radical (unpaired) electrons. The molecule has 0 saturated carbocycles. The maximum absolute atomic E-state index is 12.0. The Bertz CT molecular complexity index is 815. The summed E-state index contributed by atoms with van der Waals surface area (Å²) in [5.41, 5.74) is 1.58. The Balaban J connectivity index is 1.69. The molecule has 0 spiro atoms. The summed E-state index contributed by atoms with van der Waals surface area (Å²) < 4.78 is 0. The first-order valence-electron chi connectivity index (χ1n) is 6.41. The molecule has 0 bridgehead atoms. The Labute approximate surface area is 140 Å². The SMILES string of the molecule is Cc1nnc(NC(=O)Cc2csc(-c3ccccc3Cl)n2)s1. The Morgan fingerprint density at radius 2 is 2.14 bits per heavy atom. The fourth-order valence-electron chi connectivity index (χ4n) is 1.82. The number of nitrogens with zero attached hydrogens (tertiary/aromatic N) is 3. The van der Waals surface area contributed by atoms with Crippen molar-refractivity contribution in [1.82, 2.24) is 15.2 Å². The zero-order valence-corrected chi connectivity index (χ0v) is 13.9. The van der Waals surface area contributed by atoms with Crippen molar-refractivity contribution in [3.05, 3.63) is 45.4 Å². The van der Waals surface area contributed by atoms with Crippen LogP contribution in [0.25, 0.3) is 10.6 Å². The van der Waals surface area contributed by atoms with Crippen LogP contribution in [0.2, 0.25) is 5.02 Å². The lowest BCUT2D eigenvalue weighted by atomic mass is 10.2. The van der Waals surface area contributed by atoms with Gasteiger partial charge in [0.2, 0.25) is 11.0 Å². The first-order chi connectivity index (χ1) is 10.6. The number of anilines is 1. The van der Waals surface area contributed by atoms with Gasteiger partial charge in [-0.15, -0.1) is 21.5 Å². The molecular formula is C14H11ClN4OS2. The molecule has 0 unspecified atom stereocenters. The highest BCUT2D eigenvalue weighted by Crippen LogP contribution is 2.30. The van der Waals surface area contributed by atoms with Crippen LogP contribution in [-0.2, 0) is 11.2 Å². The van der Waals surface area contributed by atoms with Crippen molar-refractivity contribution in [2.45, 2.75) is 13.3 Å². The summed E-state index contributed by atoms with van der Waals surface area (Å²) in [5, 5.41) is 15.1. The van der Waals surface area contributed by atoms with Gasteiger partial charge in [-0.25, -0.2) is 4.98 Å². The lowest BCUT2D eigenvalue weighted by molar-refractivity contribution is -0.115. The third-order valence-corrected chi connectivity index (χ3v) is 4.78. The summed E-state index contributed by atoms with van der Waals surface area (Å²) in [5.74, 6) is -0.160. The molecule has 112 valence electrons. The number of benzene rings is 1. The van der Waals surface area contributed by atoms with Gasteiger partial charge >= 0.3 is 0 Å². The number of hydrogen-bond acceptors (Lipinski definition) is 6. The van der Waals surface area contributed by atoms with Crippen LogP contribution < -0.4 is 5.32 Å². The maximum atomic E-state index is 12.0. The minimum absolute atomic E-state index is 0.160. The topological polar surface area (TPSA) is 67.8 Å². The van der Waals surface area contributed by atoms with Gasteiger partial charge in [0, 0.05) is 10.9 Å². The molecule has 0 fully saturated rings. The molecule has 0 aliphatic carbocycles. The van der Waals surface area contributed by atoms with Gasteiger partial charge in [0.25, 0.3) is 0 Å². The third kappa shape index (κ3) is 3.49. The van der Waals surface area contributed by atoms with Gasteiger partial charge in [-0.3, -0.25) is 4.79 Å². The summed E-state index contributed by atoms with van der Waals surface area (Å²) in [6.45, 7) is 1.84. The Kier molecular flexibility index (Phi) is 4.47. The number of aryl methyl sites for hydroxylation is 1. The second-order valence-corrected chi connectivity index (χ2v) is 6.92. The highest BCUT2D eigenvalue weighted by molar-refractivity contribution is 7.15. The Morgan fingerprint density at radius 3 is 2.86 bits per heavy atom. The van der Waals surface area contributed by atoms with Crippen molar-refractivity contribution in [1.29, 1.82) is 0 Å². The maximum Gasteiger partial charge on any atom is 0.232 e. The van der Waals surface area contributed by atoms with E-state index in [1.807, 2.05) is 36.6 Å². The molecule has 2 aromatic heterocycles. The van der Waals surface area contributed by atoms with Crippen LogP contribution in [0.1, 0.15) is 10.7 Å². The van der Waals surface area contributed by atoms with Gasteiger partial charge in [0.05, 0.1) is 17.1 Å². The fourth-order valence-corrected chi connectivity index (χ4v) is 3.57. The van der Waals surface area contributed by atoms with E-state index in [1.54, 1.807) is 0 Å². The highest BCUT2D eigenvalue weighted by Gasteiger charge is 2.12. The molecule has 0 aliphatic rings. The molecule has 1 amide bonds. The first kappa shape index (κ1) is 15.1. The number of rotatable bonds is 4. The second kappa shape index (κ2) is 6.51. The van der Waals surface area contributed by atoms with Crippen LogP contribution in [0.15, 0.2) is 29.6 Å². The van der Waals surface area contributed by atoms with Crippen molar-refractivity contribution < 1.29 is 4.79 Å². The second-order valence-electron chi connectivity index (χ2n) is 4.48. The molecule has 0 atom stereocenters.